The Morgan fingerprint density at radius 3 is 3.00 bits per heavy atom. The highest BCUT2D eigenvalue weighted by Crippen LogP contribution is 2.24. The summed E-state index contributed by atoms with van der Waals surface area (Å²) in [5.74, 6) is 0. The normalized spacial score (nSPS) is 13.4. The Morgan fingerprint density at radius 2 is 2.29 bits per heavy atom. The molecule has 0 aliphatic rings. The minimum Gasteiger partial charge on any atom is -0.360 e. The van der Waals surface area contributed by atoms with Gasteiger partial charge in [0.1, 0.15) is 0 Å². The fraction of sp³-hybridized carbons (Fsp3) is 0.273. The summed E-state index contributed by atoms with van der Waals surface area (Å²) < 4.78 is 1.11. The van der Waals surface area contributed by atoms with E-state index < -0.39 is 0 Å². The van der Waals surface area contributed by atoms with E-state index in [9.17, 15) is 0 Å². The van der Waals surface area contributed by atoms with Crippen LogP contribution in [0.25, 0.3) is 10.9 Å². The zero-order valence-corrected chi connectivity index (χ0v) is 9.64. The van der Waals surface area contributed by atoms with Gasteiger partial charge in [-0.25, -0.2) is 0 Å². The van der Waals surface area contributed by atoms with Crippen LogP contribution in [0.15, 0.2) is 28.9 Å². The summed E-state index contributed by atoms with van der Waals surface area (Å²) in [5, 5.41) is 1.23. The molecule has 0 amide bonds. The monoisotopic (exact) mass is 252 g/mol. The molecule has 1 aromatic carbocycles. The van der Waals surface area contributed by atoms with Crippen molar-refractivity contribution in [2.45, 2.75) is 19.4 Å². The van der Waals surface area contributed by atoms with Crippen LogP contribution in [0.2, 0.25) is 0 Å². The van der Waals surface area contributed by atoms with Gasteiger partial charge in [-0.2, -0.15) is 0 Å². The van der Waals surface area contributed by atoms with Gasteiger partial charge in [-0.15, -0.1) is 0 Å². The molecule has 3 heteroatoms. The summed E-state index contributed by atoms with van der Waals surface area (Å²) in [5.41, 5.74) is 8.21. The molecule has 1 aromatic heterocycles. The van der Waals surface area contributed by atoms with Gasteiger partial charge in [0.25, 0.3) is 0 Å². The number of aromatic amines is 1. The minimum absolute atomic E-state index is 0.213. The second-order valence-corrected chi connectivity index (χ2v) is 4.55. The van der Waals surface area contributed by atoms with Crippen molar-refractivity contribution >= 4 is 26.8 Å². The van der Waals surface area contributed by atoms with Crippen LogP contribution >= 0.6 is 15.9 Å². The molecule has 0 saturated heterocycles. The number of benzene rings is 1. The van der Waals surface area contributed by atoms with Crippen LogP contribution in [0.3, 0.4) is 0 Å². The van der Waals surface area contributed by atoms with E-state index in [1.54, 1.807) is 0 Å². The van der Waals surface area contributed by atoms with E-state index in [1.807, 2.05) is 13.1 Å². The number of hydrogen-bond acceptors (Lipinski definition) is 1. The van der Waals surface area contributed by atoms with Gasteiger partial charge in [0, 0.05) is 27.6 Å². The van der Waals surface area contributed by atoms with Crippen LogP contribution in [0.4, 0.5) is 0 Å². The van der Waals surface area contributed by atoms with Crippen molar-refractivity contribution in [1.82, 2.24) is 4.98 Å². The second-order valence-electron chi connectivity index (χ2n) is 3.70. The molecule has 14 heavy (non-hydrogen) atoms. The van der Waals surface area contributed by atoms with Gasteiger partial charge >= 0.3 is 0 Å². The molecule has 3 N–H and O–H groups in total. The first-order chi connectivity index (χ1) is 6.66. The van der Waals surface area contributed by atoms with Gasteiger partial charge < -0.3 is 10.7 Å². The van der Waals surface area contributed by atoms with Gasteiger partial charge in [-0.05, 0) is 47.0 Å². The molecule has 0 aliphatic carbocycles. The molecule has 74 valence electrons. The Morgan fingerprint density at radius 1 is 1.50 bits per heavy atom. The summed E-state index contributed by atoms with van der Waals surface area (Å²) in [7, 11) is 0. The molecule has 2 aromatic rings. The van der Waals surface area contributed by atoms with Crippen LogP contribution in [-0.2, 0) is 6.42 Å². The van der Waals surface area contributed by atoms with Gasteiger partial charge in [0.05, 0.1) is 0 Å². The van der Waals surface area contributed by atoms with Gasteiger partial charge in [-0.1, -0.05) is 6.07 Å². The van der Waals surface area contributed by atoms with Crippen LogP contribution in [0.1, 0.15) is 12.5 Å². The number of H-pyrrole nitrogens is 1. The first-order valence-corrected chi connectivity index (χ1v) is 5.47. The number of nitrogens with two attached hydrogens (primary N) is 1. The lowest BCUT2D eigenvalue weighted by Crippen LogP contribution is -2.17. The molecule has 0 aliphatic heterocycles. The fourth-order valence-corrected chi connectivity index (χ4v) is 2.07. The Hall–Kier alpha value is -0.800. The lowest BCUT2D eigenvalue weighted by molar-refractivity contribution is 0.739. The summed E-state index contributed by atoms with van der Waals surface area (Å²) in [6, 6.07) is 6.61. The number of halogens is 1. The maximum absolute atomic E-state index is 5.76. The minimum atomic E-state index is 0.213. The van der Waals surface area contributed by atoms with Crippen molar-refractivity contribution in [3.8, 4) is 0 Å². The zero-order chi connectivity index (χ0) is 10.1. The van der Waals surface area contributed by atoms with Crippen LogP contribution in [0, 0.1) is 0 Å². The predicted molar refractivity (Wildman–Crippen MR) is 63.4 cm³/mol. The average molecular weight is 253 g/mol. The lowest BCUT2D eigenvalue weighted by atomic mass is 10.1. The molecular formula is C11H13BrN2. The number of rotatable bonds is 2. The molecule has 0 bridgehead atoms. The van der Waals surface area contributed by atoms with Gasteiger partial charge in [-0.3, -0.25) is 0 Å². The maximum Gasteiger partial charge on any atom is 0.0465 e. The molecule has 2 nitrogen and oxygen atoms in total. The molecule has 0 radical (unpaired) electrons. The summed E-state index contributed by atoms with van der Waals surface area (Å²) in [4.78, 5) is 3.19. The molecule has 0 spiro atoms. The maximum atomic E-state index is 5.76. The Bertz CT molecular complexity index is 445. The fourth-order valence-electron chi connectivity index (χ4n) is 1.63. The zero-order valence-electron chi connectivity index (χ0n) is 8.05. The molecule has 1 unspecified atom stereocenters. The van der Waals surface area contributed by atoms with Crippen LogP contribution < -0.4 is 5.73 Å². The second kappa shape index (κ2) is 3.75. The van der Waals surface area contributed by atoms with Crippen molar-refractivity contribution < 1.29 is 0 Å². The smallest absolute Gasteiger partial charge is 0.0465 e. The highest BCUT2D eigenvalue weighted by Gasteiger charge is 2.03. The van der Waals surface area contributed by atoms with Crippen molar-refractivity contribution in [3.63, 3.8) is 0 Å². The summed E-state index contributed by atoms with van der Waals surface area (Å²) >= 11 is 3.50. The molecule has 2 rings (SSSR count). The molecule has 1 atom stereocenters. The Labute approximate surface area is 91.6 Å². The van der Waals surface area contributed by atoms with E-state index in [4.69, 9.17) is 5.73 Å². The van der Waals surface area contributed by atoms with E-state index >= 15 is 0 Å². The Balaban J connectivity index is 2.44. The van der Waals surface area contributed by atoms with Crippen molar-refractivity contribution in [2.24, 2.45) is 5.73 Å². The largest absolute Gasteiger partial charge is 0.360 e. The van der Waals surface area contributed by atoms with E-state index in [-0.39, 0.29) is 6.04 Å². The van der Waals surface area contributed by atoms with E-state index in [1.165, 1.54) is 10.9 Å². The summed E-state index contributed by atoms with van der Waals surface area (Å²) in [6.45, 7) is 2.02. The topological polar surface area (TPSA) is 41.8 Å². The summed E-state index contributed by atoms with van der Waals surface area (Å²) in [6.07, 6.45) is 2.88. The van der Waals surface area contributed by atoms with E-state index in [2.05, 4.69) is 39.1 Å². The predicted octanol–water partition coefficient (Wildman–Crippen LogP) is 2.82. The third-order valence-electron chi connectivity index (χ3n) is 2.25. The van der Waals surface area contributed by atoms with Crippen LogP contribution in [-0.4, -0.2) is 11.0 Å². The standard InChI is InChI=1S/C11H13BrN2/c1-7(13)4-8-2-3-11-9(5-8)10(12)6-14-11/h2-3,5-7,14H,4,13H2,1H3. The van der Waals surface area contributed by atoms with Crippen LogP contribution in [0.5, 0.6) is 0 Å². The highest BCUT2D eigenvalue weighted by molar-refractivity contribution is 9.10. The molecule has 0 fully saturated rings. The Kier molecular flexibility index (Phi) is 2.61. The van der Waals surface area contributed by atoms with Gasteiger partial charge in [0.2, 0.25) is 0 Å². The SMILES string of the molecule is CC(N)Cc1ccc2[nH]cc(Br)c2c1. The number of aromatic nitrogens is 1. The molecule has 0 saturated carbocycles. The first kappa shape index (κ1) is 9.74. The van der Waals surface area contributed by atoms with Crippen molar-refractivity contribution in [1.29, 1.82) is 0 Å². The third kappa shape index (κ3) is 1.83. The molecule has 1 heterocycles. The number of nitrogens with one attached hydrogen (secondary N) is 1. The van der Waals surface area contributed by atoms with Crippen molar-refractivity contribution in [2.75, 3.05) is 0 Å². The average Bonchev–Trinajstić information content (AvgIpc) is 2.47. The van der Waals surface area contributed by atoms with E-state index in [0.717, 1.165) is 16.4 Å². The van der Waals surface area contributed by atoms with E-state index in [0.29, 0.717) is 0 Å². The quantitative estimate of drug-likeness (QED) is 0.849. The third-order valence-corrected chi connectivity index (χ3v) is 2.91. The first-order valence-electron chi connectivity index (χ1n) is 4.68. The highest BCUT2D eigenvalue weighted by atomic mass is 79.9. The molecular weight excluding hydrogens is 240 g/mol. The number of hydrogen-bond donors (Lipinski definition) is 2. The lowest BCUT2D eigenvalue weighted by Gasteiger charge is -2.04. The van der Waals surface area contributed by atoms with Gasteiger partial charge in [0.15, 0.2) is 0 Å². The van der Waals surface area contributed by atoms with Crippen molar-refractivity contribution in [3.05, 3.63) is 34.4 Å². The number of fused-ring (bicyclic) bond motifs is 1.